The Morgan fingerprint density at radius 2 is 1.75 bits per heavy atom. The highest BCUT2D eigenvalue weighted by molar-refractivity contribution is 7.82. The Hall–Kier alpha value is -3.20. The maximum absolute atomic E-state index is 13.4. The van der Waals surface area contributed by atoms with E-state index >= 15 is 0 Å². The summed E-state index contributed by atoms with van der Waals surface area (Å²) in [5, 5.41) is 11.4. The molecule has 1 aromatic carbocycles. The lowest BCUT2D eigenvalue weighted by molar-refractivity contribution is -0.255. The molecule has 0 spiro atoms. The van der Waals surface area contributed by atoms with Crippen LogP contribution in [-0.2, 0) is 4.79 Å². The first kappa shape index (κ1) is 27.4. The van der Waals surface area contributed by atoms with E-state index in [0.29, 0.717) is 27.5 Å². The molecular formula is C21H19F5N4O4S2. The third-order valence-corrected chi connectivity index (χ3v) is 5.69. The van der Waals surface area contributed by atoms with Gasteiger partial charge in [-0.05, 0) is 49.2 Å². The molecule has 36 heavy (non-hydrogen) atoms. The number of fused-ring (bicyclic) bond motifs is 1. The number of anilines is 2. The fourth-order valence-electron chi connectivity index (χ4n) is 3.05. The number of rotatable bonds is 10. The number of aliphatic carboxylic acids is 1. The number of nitrogens with one attached hydrogen (secondary N) is 1. The molecule has 2 N–H and O–H groups in total. The van der Waals surface area contributed by atoms with Crippen LogP contribution in [0.15, 0.2) is 40.7 Å². The molecule has 0 aliphatic rings. The van der Waals surface area contributed by atoms with Crippen LogP contribution in [0.1, 0.15) is 25.7 Å². The topological polar surface area (TPSA) is 105 Å². The number of thiazole rings is 1. The van der Waals surface area contributed by atoms with Gasteiger partial charge < -0.3 is 15.2 Å². The zero-order valence-corrected chi connectivity index (χ0v) is 20.0. The molecule has 0 aliphatic heterocycles. The number of carboxylic acid groups (broad SMARTS) is 1. The predicted molar refractivity (Wildman–Crippen MR) is 125 cm³/mol. The standard InChI is InChI=1S/C21H19F5N4O4S2/c22-20(23,24)11-21(25,26)34-13-6-4-12(5-7-13)27-18(33)30(10-2-1-3-16(31)32)15-9-8-14-17(29-15)36-19(35)28-14/h4-9H,1-3,10-11H2,(H,27,33)(H,28,35)(H,31,32). The average molecular weight is 551 g/mol. The molecule has 3 rings (SSSR count). The minimum atomic E-state index is -5.12. The van der Waals surface area contributed by atoms with Gasteiger partial charge in [0.05, 0.1) is 0 Å². The van der Waals surface area contributed by atoms with Crippen molar-refractivity contribution in [2.45, 2.75) is 42.3 Å². The van der Waals surface area contributed by atoms with Crippen LogP contribution in [0.2, 0.25) is 0 Å². The number of hydrogen-bond donors (Lipinski definition) is 3. The van der Waals surface area contributed by atoms with Crippen LogP contribution in [-0.4, -0.2) is 45.9 Å². The number of carbonyl (C=O) groups excluding carboxylic acids is 1. The maximum Gasteiger partial charge on any atom is 0.406 e. The van der Waals surface area contributed by atoms with Crippen LogP contribution in [0, 0.1) is 0 Å². The second-order valence-electron chi connectivity index (χ2n) is 7.48. The van der Waals surface area contributed by atoms with Gasteiger partial charge >= 0.3 is 24.3 Å². The van der Waals surface area contributed by atoms with Crippen molar-refractivity contribution in [3.8, 4) is 5.75 Å². The monoisotopic (exact) mass is 550 g/mol. The summed E-state index contributed by atoms with van der Waals surface area (Å²) in [5.41, 5.74) is 0.733. The number of thiol groups is 1. The number of halogens is 5. The number of pyridine rings is 1. The molecule has 3 aromatic rings. The van der Waals surface area contributed by atoms with Crippen LogP contribution in [0.4, 0.5) is 38.3 Å². The van der Waals surface area contributed by atoms with E-state index in [4.69, 9.17) is 5.11 Å². The number of aromatic nitrogens is 2. The van der Waals surface area contributed by atoms with Gasteiger partial charge in [0.1, 0.15) is 32.7 Å². The number of alkyl halides is 5. The summed E-state index contributed by atoms with van der Waals surface area (Å²) in [7, 11) is 0. The first-order valence-electron chi connectivity index (χ1n) is 10.3. The number of ether oxygens (including phenoxy) is 1. The molecule has 0 fully saturated rings. The van der Waals surface area contributed by atoms with Crippen molar-refractivity contribution in [3.63, 3.8) is 0 Å². The van der Waals surface area contributed by atoms with Gasteiger partial charge in [0, 0.05) is 18.7 Å². The van der Waals surface area contributed by atoms with E-state index in [1.54, 1.807) is 12.1 Å². The molecule has 0 bridgehead atoms. The predicted octanol–water partition coefficient (Wildman–Crippen LogP) is 6.20. The number of urea groups is 1. The molecule has 0 unspecified atom stereocenters. The van der Waals surface area contributed by atoms with Crippen LogP contribution in [0.5, 0.6) is 5.75 Å². The summed E-state index contributed by atoms with van der Waals surface area (Å²) in [4.78, 5) is 34.2. The fraction of sp³-hybridized carbons (Fsp3) is 0.333. The van der Waals surface area contributed by atoms with Crippen LogP contribution in [0.25, 0.3) is 10.3 Å². The Balaban J connectivity index is 1.73. The molecular weight excluding hydrogens is 531 g/mol. The van der Waals surface area contributed by atoms with Crippen molar-refractivity contribution in [2.75, 3.05) is 16.8 Å². The highest BCUT2D eigenvalue weighted by Gasteiger charge is 2.45. The minimum Gasteiger partial charge on any atom is -0.481 e. The molecule has 0 saturated carbocycles. The third kappa shape index (κ3) is 8.19. The molecule has 0 saturated heterocycles. The lowest BCUT2D eigenvalue weighted by Crippen LogP contribution is -2.36. The second-order valence-corrected chi connectivity index (χ2v) is 9.18. The van der Waals surface area contributed by atoms with Gasteiger partial charge in [-0.25, -0.2) is 14.8 Å². The highest BCUT2D eigenvalue weighted by Crippen LogP contribution is 2.34. The average Bonchev–Trinajstić information content (AvgIpc) is 3.12. The number of nitrogens with zero attached hydrogens (tertiary/aromatic N) is 3. The quantitative estimate of drug-likeness (QED) is 0.158. The fourth-order valence-corrected chi connectivity index (χ4v) is 4.09. The Kier molecular flexibility index (Phi) is 8.55. The van der Waals surface area contributed by atoms with E-state index in [9.17, 15) is 31.5 Å². The van der Waals surface area contributed by atoms with Gasteiger partial charge in [-0.15, -0.1) is 12.6 Å². The van der Waals surface area contributed by atoms with Crippen LogP contribution in [0.3, 0.4) is 0 Å². The maximum atomic E-state index is 13.4. The van der Waals surface area contributed by atoms with E-state index in [0.717, 1.165) is 12.1 Å². The molecule has 2 heterocycles. The SMILES string of the molecule is O=C(O)CCCCN(C(=O)Nc1ccc(OC(F)(F)CC(F)(F)F)cc1)c1ccc2nc(S)sc2n1. The summed E-state index contributed by atoms with van der Waals surface area (Å²) >= 11 is 5.39. The summed E-state index contributed by atoms with van der Waals surface area (Å²) in [5.74, 6) is -1.23. The van der Waals surface area contributed by atoms with E-state index in [1.165, 1.54) is 28.4 Å². The number of amides is 2. The number of unbranched alkanes of at least 4 members (excludes halogenated alkanes) is 1. The van der Waals surface area contributed by atoms with Gasteiger partial charge in [-0.3, -0.25) is 9.69 Å². The van der Waals surface area contributed by atoms with Gasteiger partial charge in [0.25, 0.3) is 0 Å². The number of carbonyl (C=O) groups is 2. The van der Waals surface area contributed by atoms with Crippen molar-refractivity contribution < 1.29 is 41.4 Å². The number of benzene rings is 1. The van der Waals surface area contributed by atoms with E-state index < -0.39 is 36.5 Å². The molecule has 0 aliphatic carbocycles. The third-order valence-electron chi connectivity index (χ3n) is 4.55. The molecule has 194 valence electrons. The summed E-state index contributed by atoms with van der Waals surface area (Å²) < 4.78 is 68.3. The largest absolute Gasteiger partial charge is 0.481 e. The molecule has 2 aromatic heterocycles. The normalized spacial score (nSPS) is 11.9. The summed E-state index contributed by atoms with van der Waals surface area (Å²) in [6.45, 7) is 0.120. The van der Waals surface area contributed by atoms with E-state index in [2.05, 4.69) is 32.7 Å². The van der Waals surface area contributed by atoms with Gasteiger partial charge in [-0.1, -0.05) is 11.3 Å². The number of carboxylic acids is 1. The molecule has 2 amide bonds. The Bertz CT molecular complexity index is 1220. The van der Waals surface area contributed by atoms with Gasteiger partial charge in [-0.2, -0.15) is 22.0 Å². The zero-order valence-electron chi connectivity index (χ0n) is 18.3. The summed E-state index contributed by atoms with van der Waals surface area (Å²) in [6.07, 6.45) is -11.4. The van der Waals surface area contributed by atoms with Crippen molar-refractivity contribution in [3.05, 3.63) is 36.4 Å². The molecule has 0 radical (unpaired) electrons. The Labute approximate surface area is 210 Å². The number of hydrogen-bond acceptors (Lipinski definition) is 7. The smallest absolute Gasteiger partial charge is 0.406 e. The van der Waals surface area contributed by atoms with E-state index in [-0.39, 0.29) is 24.5 Å². The lowest BCUT2D eigenvalue weighted by atomic mass is 10.2. The summed E-state index contributed by atoms with van der Waals surface area (Å²) in [6, 6.07) is 6.92. The molecule has 8 nitrogen and oxygen atoms in total. The molecule has 15 heteroatoms. The van der Waals surface area contributed by atoms with Crippen LogP contribution >= 0.6 is 24.0 Å². The van der Waals surface area contributed by atoms with Crippen LogP contribution < -0.4 is 15.0 Å². The Morgan fingerprint density at radius 1 is 1.06 bits per heavy atom. The second kappa shape index (κ2) is 11.2. The highest BCUT2D eigenvalue weighted by atomic mass is 32.2. The lowest BCUT2D eigenvalue weighted by Gasteiger charge is -2.22. The van der Waals surface area contributed by atoms with Crippen molar-refractivity contribution >= 4 is 57.8 Å². The van der Waals surface area contributed by atoms with Crippen molar-refractivity contribution in [2.24, 2.45) is 0 Å². The first-order valence-corrected chi connectivity index (χ1v) is 11.6. The van der Waals surface area contributed by atoms with Crippen molar-refractivity contribution in [1.82, 2.24) is 9.97 Å². The molecule has 0 atom stereocenters. The zero-order chi connectivity index (χ0) is 26.5. The minimum absolute atomic E-state index is 0.0831. The first-order chi connectivity index (χ1) is 16.8. The van der Waals surface area contributed by atoms with Gasteiger partial charge in [0.15, 0.2) is 0 Å². The van der Waals surface area contributed by atoms with Crippen molar-refractivity contribution in [1.29, 1.82) is 0 Å². The Morgan fingerprint density at radius 3 is 2.39 bits per heavy atom. The van der Waals surface area contributed by atoms with E-state index in [1.807, 2.05) is 0 Å². The van der Waals surface area contributed by atoms with Gasteiger partial charge in [0.2, 0.25) is 0 Å².